The van der Waals surface area contributed by atoms with E-state index in [9.17, 15) is 4.79 Å². The highest BCUT2D eigenvalue weighted by molar-refractivity contribution is 7.17. The lowest BCUT2D eigenvalue weighted by atomic mass is 10.4. The summed E-state index contributed by atoms with van der Waals surface area (Å²) in [5.41, 5.74) is 0. The second kappa shape index (κ2) is 7.55. The van der Waals surface area contributed by atoms with Crippen LogP contribution < -0.4 is 10.6 Å². The van der Waals surface area contributed by atoms with Gasteiger partial charge in [-0.3, -0.25) is 9.89 Å². The van der Waals surface area contributed by atoms with Crippen molar-refractivity contribution in [3.8, 4) is 11.6 Å². The number of anilines is 1. The summed E-state index contributed by atoms with van der Waals surface area (Å²) in [4.78, 5) is 21.1. The molecule has 0 atom stereocenters. The Kier molecular flexibility index (Phi) is 5.02. The molecule has 8 nitrogen and oxygen atoms in total. The Hall–Kier alpha value is -2.94. The zero-order valence-corrected chi connectivity index (χ0v) is 13.6. The summed E-state index contributed by atoms with van der Waals surface area (Å²) in [5, 5.41) is 13.5. The number of nitrogens with zero attached hydrogens (tertiary/aromatic N) is 3. The van der Waals surface area contributed by atoms with E-state index in [1.165, 1.54) is 11.3 Å². The van der Waals surface area contributed by atoms with Crippen LogP contribution in [0.1, 0.15) is 15.5 Å². The first-order valence-corrected chi connectivity index (χ1v) is 8.12. The van der Waals surface area contributed by atoms with Crippen molar-refractivity contribution in [1.82, 2.24) is 25.5 Å². The molecular weight excluding hydrogens is 328 g/mol. The van der Waals surface area contributed by atoms with Crippen LogP contribution in [0.3, 0.4) is 0 Å². The normalized spacial score (nSPS) is 10.5. The fraction of sp³-hybridized carbons (Fsp3) is 0.200. The lowest BCUT2D eigenvalue weighted by molar-refractivity contribution is 0.0958. The second-order valence-electron chi connectivity index (χ2n) is 4.79. The van der Waals surface area contributed by atoms with E-state index in [1.54, 1.807) is 30.7 Å². The first-order valence-electron chi connectivity index (χ1n) is 7.30. The molecular formula is C15H16N6O2S. The van der Waals surface area contributed by atoms with E-state index in [4.69, 9.17) is 4.42 Å². The third kappa shape index (κ3) is 3.87. The molecule has 3 aromatic rings. The number of furan rings is 1. The summed E-state index contributed by atoms with van der Waals surface area (Å²) in [6.45, 7) is 4.67. The molecule has 3 rings (SSSR count). The number of amides is 1. The van der Waals surface area contributed by atoms with Crippen molar-refractivity contribution < 1.29 is 9.21 Å². The van der Waals surface area contributed by atoms with E-state index < -0.39 is 0 Å². The molecule has 0 fully saturated rings. The van der Waals surface area contributed by atoms with Gasteiger partial charge < -0.3 is 15.1 Å². The zero-order chi connectivity index (χ0) is 16.8. The van der Waals surface area contributed by atoms with E-state index in [0.717, 1.165) is 0 Å². The minimum absolute atomic E-state index is 0.162. The molecule has 124 valence electrons. The minimum atomic E-state index is -0.162. The maximum Gasteiger partial charge on any atom is 0.263 e. The Balaban J connectivity index is 1.48. The van der Waals surface area contributed by atoms with Crippen molar-refractivity contribution in [2.45, 2.75) is 6.42 Å². The summed E-state index contributed by atoms with van der Waals surface area (Å²) in [6.07, 6.45) is 5.39. The maximum atomic E-state index is 12.1. The summed E-state index contributed by atoms with van der Waals surface area (Å²) >= 11 is 1.30. The highest BCUT2D eigenvalue weighted by atomic mass is 32.1. The fourth-order valence-corrected chi connectivity index (χ4v) is 2.66. The molecule has 0 aliphatic heterocycles. The molecule has 0 aromatic carbocycles. The number of H-pyrrole nitrogens is 1. The predicted octanol–water partition coefficient (Wildman–Crippen LogP) is 2.09. The molecule has 0 saturated heterocycles. The van der Waals surface area contributed by atoms with Gasteiger partial charge in [0.25, 0.3) is 5.91 Å². The summed E-state index contributed by atoms with van der Waals surface area (Å²) < 4.78 is 5.23. The Morgan fingerprint density at radius 3 is 3.21 bits per heavy atom. The van der Waals surface area contributed by atoms with Crippen molar-refractivity contribution in [1.29, 1.82) is 0 Å². The summed E-state index contributed by atoms with van der Waals surface area (Å²) in [7, 11) is 0. The van der Waals surface area contributed by atoms with Crippen LogP contribution in [0.25, 0.3) is 11.6 Å². The van der Waals surface area contributed by atoms with Crippen LogP contribution in [0.4, 0.5) is 5.13 Å². The Morgan fingerprint density at radius 2 is 2.42 bits per heavy atom. The van der Waals surface area contributed by atoms with Crippen LogP contribution in [0, 0.1) is 0 Å². The van der Waals surface area contributed by atoms with E-state index in [2.05, 4.69) is 37.4 Å². The Labute approximate surface area is 142 Å². The first-order chi connectivity index (χ1) is 11.8. The van der Waals surface area contributed by atoms with Gasteiger partial charge in [0, 0.05) is 19.5 Å². The van der Waals surface area contributed by atoms with Gasteiger partial charge in [-0.05, 0) is 12.1 Å². The van der Waals surface area contributed by atoms with Crippen LogP contribution >= 0.6 is 11.3 Å². The molecule has 0 aliphatic rings. The van der Waals surface area contributed by atoms with Gasteiger partial charge in [-0.25, -0.2) is 9.97 Å². The molecule has 1 amide bonds. The van der Waals surface area contributed by atoms with Crippen LogP contribution in [-0.2, 0) is 6.42 Å². The molecule has 3 heterocycles. The average Bonchev–Trinajstić information content (AvgIpc) is 3.32. The number of aromatic nitrogens is 4. The fourth-order valence-electron chi connectivity index (χ4n) is 1.92. The highest BCUT2D eigenvalue weighted by Crippen LogP contribution is 2.17. The van der Waals surface area contributed by atoms with Gasteiger partial charge in [0.15, 0.2) is 10.9 Å². The van der Waals surface area contributed by atoms with E-state index >= 15 is 0 Å². The lowest BCUT2D eigenvalue weighted by Crippen LogP contribution is -2.25. The van der Waals surface area contributed by atoms with Gasteiger partial charge >= 0.3 is 0 Å². The molecule has 0 radical (unpaired) electrons. The summed E-state index contributed by atoms with van der Waals surface area (Å²) in [5.74, 6) is 1.62. The Bertz CT molecular complexity index is 808. The van der Waals surface area contributed by atoms with Gasteiger partial charge in [0.05, 0.1) is 12.5 Å². The number of carbonyl (C=O) groups excluding carboxylic acids is 1. The molecule has 0 bridgehead atoms. The summed E-state index contributed by atoms with van der Waals surface area (Å²) in [6, 6.07) is 3.56. The number of thiazole rings is 1. The highest BCUT2D eigenvalue weighted by Gasteiger charge is 2.11. The molecule has 0 unspecified atom stereocenters. The first kappa shape index (κ1) is 15.9. The predicted molar refractivity (Wildman–Crippen MR) is 90.9 cm³/mol. The van der Waals surface area contributed by atoms with Gasteiger partial charge in [-0.1, -0.05) is 17.4 Å². The SMILES string of the molecule is C=CCNc1ncc(C(=O)NCCc2nc(-c3ccco3)n[nH]2)s1. The molecule has 3 N–H and O–H groups in total. The van der Waals surface area contributed by atoms with Crippen molar-refractivity contribution in [3.63, 3.8) is 0 Å². The smallest absolute Gasteiger partial charge is 0.263 e. The topological polar surface area (TPSA) is 109 Å². The van der Waals surface area contributed by atoms with E-state index in [1.807, 2.05) is 0 Å². The quantitative estimate of drug-likeness (QED) is 0.540. The van der Waals surface area contributed by atoms with Gasteiger partial charge in [0.2, 0.25) is 5.82 Å². The number of hydrogen-bond donors (Lipinski definition) is 3. The zero-order valence-electron chi connectivity index (χ0n) is 12.8. The molecule has 9 heteroatoms. The third-order valence-corrected chi connectivity index (χ3v) is 4.00. The average molecular weight is 344 g/mol. The van der Waals surface area contributed by atoms with Gasteiger partial charge in [0.1, 0.15) is 10.7 Å². The molecule has 3 aromatic heterocycles. The van der Waals surface area contributed by atoms with Crippen molar-refractivity contribution in [3.05, 3.63) is 47.9 Å². The minimum Gasteiger partial charge on any atom is -0.461 e. The van der Waals surface area contributed by atoms with Crippen LogP contribution in [0.15, 0.2) is 41.7 Å². The van der Waals surface area contributed by atoms with Crippen molar-refractivity contribution in [2.24, 2.45) is 0 Å². The third-order valence-electron chi connectivity index (χ3n) is 3.05. The van der Waals surface area contributed by atoms with E-state index in [-0.39, 0.29) is 5.91 Å². The van der Waals surface area contributed by atoms with Gasteiger partial charge in [-0.2, -0.15) is 5.10 Å². The molecule has 0 saturated carbocycles. The van der Waals surface area contributed by atoms with Crippen LogP contribution in [0.5, 0.6) is 0 Å². The van der Waals surface area contributed by atoms with E-state index in [0.29, 0.717) is 46.9 Å². The largest absolute Gasteiger partial charge is 0.461 e. The van der Waals surface area contributed by atoms with Crippen molar-refractivity contribution >= 4 is 22.4 Å². The van der Waals surface area contributed by atoms with Crippen molar-refractivity contribution in [2.75, 3.05) is 18.4 Å². The number of hydrogen-bond acceptors (Lipinski definition) is 7. The number of carbonyl (C=O) groups is 1. The number of rotatable bonds is 8. The number of aromatic amines is 1. The van der Waals surface area contributed by atoms with Crippen LogP contribution in [0.2, 0.25) is 0 Å². The monoisotopic (exact) mass is 344 g/mol. The second-order valence-corrected chi connectivity index (χ2v) is 5.82. The molecule has 24 heavy (non-hydrogen) atoms. The number of nitrogens with one attached hydrogen (secondary N) is 3. The van der Waals surface area contributed by atoms with Gasteiger partial charge in [-0.15, -0.1) is 6.58 Å². The standard InChI is InChI=1S/C15H16N6O2S/c1-2-6-17-15-18-9-11(24-15)14(22)16-7-5-12-19-13(21-20-12)10-4-3-8-23-10/h2-4,8-9H,1,5-7H2,(H,16,22)(H,17,18)(H,19,20,21). The molecule has 0 aliphatic carbocycles. The molecule has 0 spiro atoms. The van der Waals surface area contributed by atoms with Crippen LogP contribution in [-0.4, -0.2) is 39.2 Å². The Morgan fingerprint density at radius 1 is 1.50 bits per heavy atom. The lowest BCUT2D eigenvalue weighted by Gasteiger charge is -2.00. The maximum absolute atomic E-state index is 12.1.